The molecule has 2 atom stereocenters. The molecule has 0 amide bonds. The van der Waals surface area contributed by atoms with Crippen LogP contribution in [0.5, 0.6) is 5.75 Å². The minimum Gasteiger partial charge on any atom is -0.506 e. The molecule has 1 fully saturated rings. The molecule has 1 saturated heterocycles. The molecule has 0 aliphatic carbocycles. The van der Waals surface area contributed by atoms with Gasteiger partial charge in [-0.05, 0) is 37.6 Å². The molecule has 0 saturated carbocycles. The summed E-state index contributed by atoms with van der Waals surface area (Å²) < 4.78 is 10.8. The van der Waals surface area contributed by atoms with Gasteiger partial charge in [0.25, 0.3) is 0 Å². The Bertz CT molecular complexity index is 630. The van der Waals surface area contributed by atoms with Gasteiger partial charge in [0.15, 0.2) is 0 Å². The number of rotatable bonds is 5. The van der Waals surface area contributed by atoms with Gasteiger partial charge < -0.3 is 19.4 Å². The number of aryl methyl sites for hydroxylation is 1. The van der Waals surface area contributed by atoms with Gasteiger partial charge in [0, 0.05) is 24.8 Å². The van der Waals surface area contributed by atoms with Gasteiger partial charge in [-0.2, -0.15) is 0 Å². The van der Waals surface area contributed by atoms with Crippen LogP contribution in [0.3, 0.4) is 0 Å². The van der Waals surface area contributed by atoms with Crippen molar-refractivity contribution in [2.45, 2.75) is 32.0 Å². The summed E-state index contributed by atoms with van der Waals surface area (Å²) in [7, 11) is 0. The van der Waals surface area contributed by atoms with Crippen LogP contribution in [0.15, 0.2) is 34.9 Å². The average molecular weight is 318 g/mol. The van der Waals surface area contributed by atoms with E-state index in [0.29, 0.717) is 37.6 Å². The molecule has 6 heteroatoms. The lowest BCUT2D eigenvalue weighted by atomic mass is 10.0. The smallest absolute Gasteiger partial charge is 0.138 e. The number of morpholine rings is 1. The topological polar surface area (TPSA) is 79.0 Å². The van der Waals surface area contributed by atoms with E-state index in [2.05, 4.69) is 9.88 Å². The van der Waals surface area contributed by atoms with E-state index in [4.69, 9.17) is 9.15 Å². The highest BCUT2D eigenvalue weighted by atomic mass is 16.5. The largest absolute Gasteiger partial charge is 0.506 e. The van der Waals surface area contributed by atoms with Gasteiger partial charge in [0.2, 0.25) is 0 Å². The van der Waals surface area contributed by atoms with E-state index in [1.165, 1.54) is 0 Å². The summed E-state index contributed by atoms with van der Waals surface area (Å²) in [6.07, 6.45) is 1.40. The number of aliphatic hydroxyl groups is 1. The molecular weight excluding hydrogens is 296 g/mol. The van der Waals surface area contributed by atoms with Gasteiger partial charge in [-0.1, -0.05) is 0 Å². The van der Waals surface area contributed by atoms with Crippen molar-refractivity contribution in [2.75, 3.05) is 19.8 Å². The van der Waals surface area contributed by atoms with E-state index in [1.807, 2.05) is 6.92 Å². The van der Waals surface area contributed by atoms with Crippen LogP contribution in [0.1, 0.15) is 29.7 Å². The minimum atomic E-state index is -0.668. The van der Waals surface area contributed by atoms with Gasteiger partial charge in [-0.15, -0.1) is 0 Å². The monoisotopic (exact) mass is 318 g/mol. The van der Waals surface area contributed by atoms with Crippen molar-refractivity contribution in [3.8, 4) is 5.75 Å². The van der Waals surface area contributed by atoms with Crippen LogP contribution in [0, 0.1) is 6.92 Å². The fraction of sp³-hybridized carbons (Fsp3) is 0.471. The molecule has 0 radical (unpaired) electrons. The minimum absolute atomic E-state index is 0.0468. The van der Waals surface area contributed by atoms with Gasteiger partial charge in [-0.25, -0.2) is 0 Å². The summed E-state index contributed by atoms with van der Waals surface area (Å²) in [5.41, 5.74) is 1.53. The molecule has 23 heavy (non-hydrogen) atoms. The first-order valence-corrected chi connectivity index (χ1v) is 7.82. The van der Waals surface area contributed by atoms with Crippen LogP contribution in [-0.2, 0) is 11.3 Å². The third-order valence-corrected chi connectivity index (χ3v) is 4.16. The van der Waals surface area contributed by atoms with Gasteiger partial charge in [-0.3, -0.25) is 9.88 Å². The van der Waals surface area contributed by atoms with Crippen LogP contribution in [0.2, 0.25) is 0 Å². The van der Waals surface area contributed by atoms with Crippen molar-refractivity contribution in [3.05, 3.63) is 47.7 Å². The zero-order chi connectivity index (χ0) is 16.2. The average Bonchev–Trinajstić information content (AvgIpc) is 3.07. The van der Waals surface area contributed by atoms with Crippen molar-refractivity contribution in [1.29, 1.82) is 0 Å². The lowest BCUT2D eigenvalue weighted by Gasteiger charge is -2.36. The number of pyridine rings is 1. The molecule has 124 valence electrons. The standard InChI is InChI=1S/C17H22N2O4/c1-12-4-5-15(20)14(18-12)10-19-6-8-22-11-13(19)9-16(21)17-3-2-7-23-17/h2-5,7,13,16,20-21H,6,8-11H2,1H3. The Morgan fingerprint density at radius 2 is 2.26 bits per heavy atom. The number of aliphatic hydroxyl groups excluding tert-OH is 1. The highest BCUT2D eigenvalue weighted by molar-refractivity contribution is 5.27. The lowest BCUT2D eigenvalue weighted by molar-refractivity contribution is -0.0330. The Labute approximate surface area is 135 Å². The van der Waals surface area contributed by atoms with Crippen molar-refractivity contribution in [3.63, 3.8) is 0 Å². The Kier molecular flexibility index (Phi) is 4.95. The van der Waals surface area contributed by atoms with Crippen molar-refractivity contribution < 1.29 is 19.4 Å². The highest BCUT2D eigenvalue weighted by Gasteiger charge is 2.27. The number of aromatic hydroxyl groups is 1. The fourth-order valence-electron chi connectivity index (χ4n) is 2.88. The number of nitrogens with zero attached hydrogens (tertiary/aromatic N) is 2. The molecule has 3 rings (SSSR count). The normalized spacial score (nSPS) is 20.5. The second kappa shape index (κ2) is 7.12. The van der Waals surface area contributed by atoms with Gasteiger partial charge >= 0.3 is 0 Å². The Balaban J connectivity index is 1.70. The van der Waals surface area contributed by atoms with E-state index in [1.54, 1.807) is 30.5 Å². The zero-order valence-corrected chi connectivity index (χ0v) is 13.2. The number of aromatic nitrogens is 1. The number of furan rings is 1. The van der Waals surface area contributed by atoms with Crippen LogP contribution in [-0.4, -0.2) is 45.9 Å². The molecule has 0 spiro atoms. The van der Waals surface area contributed by atoms with Crippen LogP contribution in [0.4, 0.5) is 0 Å². The SMILES string of the molecule is Cc1ccc(O)c(CN2CCOCC2CC(O)c2ccco2)n1. The molecule has 3 heterocycles. The zero-order valence-electron chi connectivity index (χ0n) is 13.2. The van der Waals surface area contributed by atoms with E-state index in [-0.39, 0.29) is 11.8 Å². The maximum atomic E-state index is 10.3. The molecule has 2 aromatic heterocycles. The Hall–Kier alpha value is -1.89. The number of ether oxygens (including phenoxy) is 1. The van der Waals surface area contributed by atoms with Crippen LogP contribution >= 0.6 is 0 Å². The maximum Gasteiger partial charge on any atom is 0.138 e. The number of hydrogen-bond acceptors (Lipinski definition) is 6. The van der Waals surface area contributed by atoms with Crippen LogP contribution in [0.25, 0.3) is 0 Å². The second-order valence-corrected chi connectivity index (χ2v) is 5.88. The maximum absolute atomic E-state index is 10.3. The first-order chi connectivity index (χ1) is 11.1. The third kappa shape index (κ3) is 3.90. The fourth-order valence-corrected chi connectivity index (χ4v) is 2.88. The molecule has 6 nitrogen and oxygen atoms in total. The van der Waals surface area contributed by atoms with Crippen molar-refractivity contribution in [1.82, 2.24) is 9.88 Å². The molecule has 0 bridgehead atoms. The quantitative estimate of drug-likeness (QED) is 0.878. The molecule has 1 aliphatic rings. The summed E-state index contributed by atoms with van der Waals surface area (Å²) in [5, 5.41) is 20.3. The highest BCUT2D eigenvalue weighted by Crippen LogP contribution is 2.25. The molecule has 2 N–H and O–H groups in total. The summed E-state index contributed by atoms with van der Waals surface area (Å²) in [6, 6.07) is 7.04. The predicted molar refractivity (Wildman–Crippen MR) is 83.9 cm³/mol. The van der Waals surface area contributed by atoms with E-state index >= 15 is 0 Å². The molecular formula is C17H22N2O4. The molecule has 2 unspecified atom stereocenters. The van der Waals surface area contributed by atoms with Crippen LogP contribution < -0.4 is 0 Å². The van der Waals surface area contributed by atoms with E-state index in [0.717, 1.165) is 12.2 Å². The van der Waals surface area contributed by atoms with E-state index < -0.39 is 6.10 Å². The lowest BCUT2D eigenvalue weighted by Crippen LogP contribution is -2.45. The summed E-state index contributed by atoms with van der Waals surface area (Å²) in [4.78, 5) is 6.61. The summed E-state index contributed by atoms with van der Waals surface area (Å²) >= 11 is 0. The van der Waals surface area contributed by atoms with Crippen molar-refractivity contribution in [2.24, 2.45) is 0 Å². The van der Waals surface area contributed by atoms with Crippen molar-refractivity contribution >= 4 is 0 Å². The molecule has 0 aromatic carbocycles. The molecule has 1 aliphatic heterocycles. The number of hydrogen-bond donors (Lipinski definition) is 2. The Morgan fingerprint density at radius 3 is 3.04 bits per heavy atom. The first-order valence-electron chi connectivity index (χ1n) is 7.82. The molecule has 2 aromatic rings. The predicted octanol–water partition coefficient (Wildman–Crippen LogP) is 2.01. The van der Waals surface area contributed by atoms with Gasteiger partial charge in [0.05, 0.1) is 25.2 Å². The third-order valence-electron chi connectivity index (χ3n) is 4.16. The van der Waals surface area contributed by atoms with E-state index in [9.17, 15) is 10.2 Å². The Morgan fingerprint density at radius 1 is 1.39 bits per heavy atom. The summed E-state index contributed by atoms with van der Waals surface area (Å²) in [6.45, 7) is 4.36. The van der Waals surface area contributed by atoms with Gasteiger partial charge in [0.1, 0.15) is 17.6 Å². The first kappa shape index (κ1) is 16.0. The second-order valence-electron chi connectivity index (χ2n) is 5.88. The summed E-state index contributed by atoms with van der Waals surface area (Å²) in [5.74, 6) is 0.763.